The third kappa shape index (κ3) is 3.62. The van der Waals surface area contributed by atoms with Gasteiger partial charge in [0.05, 0.1) is 10.7 Å². The van der Waals surface area contributed by atoms with Gasteiger partial charge in [0.2, 0.25) is 0 Å². The lowest BCUT2D eigenvalue weighted by atomic mass is 10.0. The number of hydrogen-bond acceptors (Lipinski definition) is 3. The molecule has 0 saturated carbocycles. The van der Waals surface area contributed by atoms with E-state index < -0.39 is 0 Å². The van der Waals surface area contributed by atoms with E-state index >= 15 is 0 Å². The Morgan fingerprint density at radius 2 is 2.06 bits per heavy atom. The number of hydrogen-bond donors (Lipinski definition) is 2. The van der Waals surface area contributed by atoms with Crippen LogP contribution in [0.3, 0.4) is 0 Å². The molecule has 0 aliphatic rings. The fraction of sp³-hybridized carbons (Fsp3) is 0.462. The number of benzene rings is 1. The largest absolute Gasteiger partial charge is 0.398 e. The zero-order valence-corrected chi connectivity index (χ0v) is 12.0. The van der Waals surface area contributed by atoms with Gasteiger partial charge in [-0.2, -0.15) is 0 Å². The molecule has 0 aliphatic heterocycles. The fourth-order valence-electron chi connectivity index (χ4n) is 1.23. The number of amides is 1. The van der Waals surface area contributed by atoms with Gasteiger partial charge in [-0.15, -0.1) is 0 Å². The van der Waals surface area contributed by atoms with Crippen LogP contribution in [0.5, 0.6) is 0 Å². The molecule has 4 nitrogen and oxygen atoms in total. The molecule has 0 radical (unpaired) electrons. The maximum atomic E-state index is 11.9. The molecule has 0 spiro atoms. The second kappa shape index (κ2) is 5.59. The standard InChI is InChI=1S/C13H20ClN3O/c1-13(2,17(3)4)8-16-12(18)9-5-6-11(15)10(14)7-9/h5-7H,8,15H2,1-4H3,(H,16,18). The van der Waals surface area contributed by atoms with E-state index in [-0.39, 0.29) is 11.4 Å². The Kier molecular flexibility index (Phi) is 4.59. The van der Waals surface area contributed by atoms with Crippen LogP contribution in [-0.2, 0) is 0 Å². The zero-order valence-electron chi connectivity index (χ0n) is 11.2. The molecule has 1 aromatic carbocycles. The number of nitrogen functional groups attached to an aromatic ring is 1. The van der Waals surface area contributed by atoms with Crippen LogP contribution in [-0.4, -0.2) is 37.0 Å². The molecule has 0 saturated heterocycles. The van der Waals surface area contributed by atoms with Gasteiger partial charge in [-0.05, 0) is 46.1 Å². The van der Waals surface area contributed by atoms with Gasteiger partial charge in [0.25, 0.3) is 5.91 Å². The first-order valence-electron chi connectivity index (χ1n) is 5.74. The summed E-state index contributed by atoms with van der Waals surface area (Å²) in [7, 11) is 3.96. The minimum atomic E-state index is -0.146. The molecule has 3 N–H and O–H groups in total. The summed E-state index contributed by atoms with van der Waals surface area (Å²) >= 11 is 5.89. The van der Waals surface area contributed by atoms with E-state index in [9.17, 15) is 4.79 Å². The van der Waals surface area contributed by atoms with Crippen molar-refractivity contribution in [1.82, 2.24) is 10.2 Å². The topological polar surface area (TPSA) is 58.4 Å². The van der Waals surface area contributed by atoms with E-state index in [0.29, 0.717) is 22.8 Å². The van der Waals surface area contributed by atoms with Gasteiger partial charge in [-0.25, -0.2) is 0 Å². The molecule has 0 fully saturated rings. The molecule has 1 aromatic rings. The van der Waals surface area contributed by atoms with Crippen molar-refractivity contribution in [2.75, 3.05) is 26.4 Å². The minimum absolute atomic E-state index is 0.104. The van der Waals surface area contributed by atoms with Crippen molar-refractivity contribution in [2.45, 2.75) is 19.4 Å². The van der Waals surface area contributed by atoms with Gasteiger partial charge >= 0.3 is 0 Å². The van der Waals surface area contributed by atoms with Crippen LogP contribution in [0.2, 0.25) is 5.02 Å². The van der Waals surface area contributed by atoms with Crippen molar-refractivity contribution >= 4 is 23.2 Å². The molecule has 0 aromatic heterocycles. The Bertz CT molecular complexity index is 444. The van der Waals surface area contributed by atoms with Crippen LogP contribution >= 0.6 is 11.6 Å². The lowest BCUT2D eigenvalue weighted by Gasteiger charge is -2.32. The van der Waals surface area contributed by atoms with Crippen molar-refractivity contribution in [3.63, 3.8) is 0 Å². The van der Waals surface area contributed by atoms with Gasteiger partial charge in [0.1, 0.15) is 0 Å². The van der Waals surface area contributed by atoms with E-state index in [4.69, 9.17) is 17.3 Å². The van der Waals surface area contributed by atoms with E-state index in [1.807, 2.05) is 14.1 Å². The number of nitrogens with zero attached hydrogens (tertiary/aromatic N) is 1. The normalized spacial score (nSPS) is 11.7. The van der Waals surface area contributed by atoms with Gasteiger partial charge in [-0.3, -0.25) is 4.79 Å². The lowest BCUT2D eigenvalue weighted by molar-refractivity contribution is 0.0919. The molecule has 0 heterocycles. The molecule has 100 valence electrons. The molecule has 1 amide bonds. The highest BCUT2D eigenvalue weighted by atomic mass is 35.5. The Morgan fingerprint density at radius 3 is 2.56 bits per heavy atom. The molecule has 18 heavy (non-hydrogen) atoms. The Labute approximate surface area is 113 Å². The average molecular weight is 270 g/mol. The maximum Gasteiger partial charge on any atom is 0.251 e. The number of carbonyl (C=O) groups excluding carboxylic acids is 1. The fourth-order valence-corrected chi connectivity index (χ4v) is 1.41. The number of nitrogens with one attached hydrogen (secondary N) is 1. The maximum absolute atomic E-state index is 11.9. The first-order chi connectivity index (χ1) is 8.24. The summed E-state index contributed by atoms with van der Waals surface area (Å²) in [5, 5.41) is 3.28. The quantitative estimate of drug-likeness (QED) is 0.822. The number of halogens is 1. The van der Waals surface area contributed by atoms with E-state index in [2.05, 4.69) is 24.1 Å². The minimum Gasteiger partial charge on any atom is -0.398 e. The summed E-state index contributed by atoms with van der Waals surface area (Å²) in [6.07, 6.45) is 0. The third-order valence-corrected chi connectivity index (χ3v) is 3.48. The first-order valence-corrected chi connectivity index (χ1v) is 6.12. The Hall–Kier alpha value is -1.26. The monoisotopic (exact) mass is 269 g/mol. The highest BCUT2D eigenvalue weighted by molar-refractivity contribution is 6.33. The smallest absolute Gasteiger partial charge is 0.251 e. The number of rotatable bonds is 4. The number of anilines is 1. The molecular formula is C13H20ClN3O. The summed E-state index contributed by atoms with van der Waals surface area (Å²) in [5.41, 5.74) is 6.49. The van der Waals surface area contributed by atoms with Crippen molar-refractivity contribution in [3.05, 3.63) is 28.8 Å². The second-order valence-electron chi connectivity index (χ2n) is 5.13. The number of carbonyl (C=O) groups is 1. The molecule has 0 unspecified atom stereocenters. The van der Waals surface area contributed by atoms with Crippen LogP contribution in [0.1, 0.15) is 24.2 Å². The lowest BCUT2D eigenvalue weighted by Crippen LogP contribution is -2.48. The summed E-state index contributed by atoms with van der Waals surface area (Å²) < 4.78 is 0. The highest BCUT2D eigenvalue weighted by Gasteiger charge is 2.21. The van der Waals surface area contributed by atoms with Crippen molar-refractivity contribution < 1.29 is 4.79 Å². The summed E-state index contributed by atoms with van der Waals surface area (Å²) in [4.78, 5) is 14.0. The van der Waals surface area contributed by atoms with Gasteiger partial charge in [-0.1, -0.05) is 11.6 Å². The SMILES string of the molecule is CN(C)C(C)(C)CNC(=O)c1ccc(N)c(Cl)c1. The predicted octanol–water partition coefficient (Wildman–Crippen LogP) is 1.99. The molecular weight excluding hydrogens is 250 g/mol. The van der Waals surface area contributed by atoms with Gasteiger partial charge < -0.3 is 16.0 Å². The van der Waals surface area contributed by atoms with Crippen molar-refractivity contribution in [2.24, 2.45) is 0 Å². The second-order valence-corrected chi connectivity index (χ2v) is 5.53. The average Bonchev–Trinajstić information content (AvgIpc) is 2.29. The third-order valence-electron chi connectivity index (χ3n) is 3.15. The van der Waals surface area contributed by atoms with E-state index in [1.54, 1.807) is 18.2 Å². The Balaban J connectivity index is 2.69. The van der Waals surface area contributed by atoms with Crippen LogP contribution < -0.4 is 11.1 Å². The zero-order chi connectivity index (χ0) is 13.9. The molecule has 5 heteroatoms. The Morgan fingerprint density at radius 1 is 1.44 bits per heavy atom. The summed E-state index contributed by atoms with van der Waals surface area (Å²) in [6, 6.07) is 4.88. The van der Waals surface area contributed by atoms with Crippen LogP contribution in [0.4, 0.5) is 5.69 Å². The summed E-state index contributed by atoms with van der Waals surface area (Å²) in [5.74, 6) is -0.146. The first kappa shape index (κ1) is 14.8. The van der Waals surface area contributed by atoms with Crippen molar-refractivity contribution in [1.29, 1.82) is 0 Å². The highest BCUT2D eigenvalue weighted by Crippen LogP contribution is 2.19. The predicted molar refractivity (Wildman–Crippen MR) is 76.0 cm³/mol. The molecule has 0 bridgehead atoms. The van der Waals surface area contributed by atoms with Gasteiger partial charge in [0, 0.05) is 17.6 Å². The number of likely N-dealkylation sites (N-methyl/N-ethyl adjacent to an activating group) is 1. The number of nitrogens with two attached hydrogens (primary N) is 1. The molecule has 0 atom stereocenters. The molecule has 1 rings (SSSR count). The van der Waals surface area contributed by atoms with Crippen LogP contribution in [0.25, 0.3) is 0 Å². The van der Waals surface area contributed by atoms with Gasteiger partial charge in [0.15, 0.2) is 0 Å². The van der Waals surface area contributed by atoms with Crippen LogP contribution in [0, 0.1) is 0 Å². The van der Waals surface area contributed by atoms with Crippen LogP contribution in [0.15, 0.2) is 18.2 Å². The summed E-state index contributed by atoms with van der Waals surface area (Å²) in [6.45, 7) is 4.67. The van der Waals surface area contributed by atoms with E-state index in [1.165, 1.54) is 0 Å². The molecule has 0 aliphatic carbocycles. The van der Waals surface area contributed by atoms with Crippen molar-refractivity contribution in [3.8, 4) is 0 Å². The van der Waals surface area contributed by atoms with E-state index in [0.717, 1.165) is 0 Å².